The summed E-state index contributed by atoms with van der Waals surface area (Å²) in [6.45, 7) is 0. The quantitative estimate of drug-likeness (QED) is 0.174. The highest BCUT2D eigenvalue weighted by Gasteiger charge is 2.19. The van der Waals surface area contributed by atoms with Gasteiger partial charge in [-0.1, -0.05) is 121 Å². The Kier molecular flexibility index (Phi) is 6.81. The van der Waals surface area contributed by atoms with Crippen LogP contribution in [0.15, 0.2) is 200 Å². The second kappa shape index (κ2) is 11.9. The minimum Gasteiger partial charge on any atom is -0.315 e. The van der Waals surface area contributed by atoms with Gasteiger partial charge in [0.05, 0.1) is 16.6 Å². The molecule has 3 heteroatoms. The zero-order chi connectivity index (χ0) is 33.7. The Hall–Kier alpha value is -6.84. The monoisotopic (exact) mass is 651 g/mol. The summed E-state index contributed by atoms with van der Waals surface area (Å²) in [6.07, 6.45) is 2.20. The average Bonchev–Trinajstić information content (AvgIpc) is 3.79. The molecule has 10 rings (SSSR count). The Morgan fingerprint density at radius 2 is 0.961 bits per heavy atom. The van der Waals surface area contributed by atoms with Crippen molar-refractivity contribution < 1.29 is 0 Å². The number of rotatable bonds is 6. The van der Waals surface area contributed by atoms with Crippen molar-refractivity contribution in [3.63, 3.8) is 0 Å². The van der Waals surface area contributed by atoms with Crippen molar-refractivity contribution in [3.05, 3.63) is 200 Å². The molecule has 10 aromatic rings. The minimum absolute atomic E-state index is 1.10. The summed E-state index contributed by atoms with van der Waals surface area (Å²) in [5.74, 6) is 0. The van der Waals surface area contributed by atoms with E-state index in [1.54, 1.807) is 0 Å². The Balaban J connectivity index is 1.12. The number of anilines is 3. The van der Waals surface area contributed by atoms with Crippen molar-refractivity contribution >= 4 is 60.5 Å². The van der Waals surface area contributed by atoms with E-state index >= 15 is 0 Å². The molecule has 0 atom stereocenters. The van der Waals surface area contributed by atoms with Crippen molar-refractivity contribution in [2.24, 2.45) is 0 Å². The number of nitrogens with zero attached hydrogens (tertiary/aromatic N) is 3. The number of fused-ring (bicyclic) bond motifs is 6. The summed E-state index contributed by atoms with van der Waals surface area (Å²) < 4.78 is 4.76. The lowest BCUT2D eigenvalue weighted by Gasteiger charge is -2.26. The number of aromatic nitrogens is 2. The number of hydrogen-bond acceptors (Lipinski definition) is 1. The first kappa shape index (κ1) is 29.1. The van der Waals surface area contributed by atoms with Gasteiger partial charge in [0.15, 0.2) is 0 Å². The van der Waals surface area contributed by atoms with Crippen LogP contribution in [0.25, 0.3) is 66.0 Å². The summed E-state index contributed by atoms with van der Waals surface area (Å²) in [7, 11) is 0. The average molecular weight is 652 g/mol. The van der Waals surface area contributed by atoms with Gasteiger partial charge in [0.25, 0.3) is 0 Å². The molecule has 0 aliphatic rings. The molecule has 3 nitrogen and oxygen atoms in total. The standard InChI is InChI=1S/C48H33N3/c1-3-11-34(12-4-1)36-19-23-41(24-20-36)50(43-25-21-35-13-7-8-14-38(35)33-43)42-28-26-39(27-29-42)49-32-31-37-22-30-45-44-17-9-10-18-46(44)51(48(45)47(37)49)40-15-5-2-6-16-40/h1-33H. The third kappa shape index (κ3) is 4.90. The molecule has 2 heterocycles. The molecular weight excluding hydrogens is 619 g/mol. The fourth-order valence-corrected chi connectivity index (χ4v) is 7.69. The van der Waals surface area contributed by atoms with Crippen LogP contribution in [0.5, 0.6) is 0 Å². The van der Waals surface area contributed by atoms with Crippen LogP contribution in [-0.2, 0) is 0 Å². The Morgan fingerprint density at radius 1 is 0.353 bits per heavy atom. The summed E-state index contributed by atoms with van der Waals surface area (Å²) in [5.41, 5.74) is 11.6. The Labute approximate surface area is 296 Å². The van der Waals surface area contributed by atoms with Crippen molar-refractivity contribution in [1.29, 1.82) is 0 Å². The van der Waals surface area contributed by atoms with Gasteiger partial charge in [0, 0.05) is 50.8 Å². The van der Waals surface area contributed by atoms with Crippen LogP contribution in [0.4, 0.5) is 17.1 Å². The van der Waals surface area contributed by atoms with E-state index in [9.17, 15) is 0 Å². The molecule has 0 bridgehead atoms. The Bertz CT molecular complexity index is 2830. The van der Waals surface area contributed by atoms with Crippen LogP contribution in [0.2, 0.25) is 0 Å². The van der Waals surface area contributed by atoms with E-state index in [-0.39, 0.29) is 0 Å². The van der Waals surface area contributed by atoms with Crippen molar-refractivity contribution in [2.45, 2.75) is 0 Å². The summed E-state index contributed by atoms with van der Waals surface area (Å²) in [5, 5.41) is 6.16. The van der Waals surface area contributed by atoms with Gasteiger partial charge in [0.2, 0.25) is 0 Å². The van der Waals surface area contributed by atoms with Gasteiger partial charge in [-0.05, 0) is 94.7 Å². The summed E-state index contributed by atoms with van der Waals surface area (Å²) in [4.78, 5) is 2.35. The molecule has 0 aliphatic heterocycles. The molecule has 240 valence electrons. The third-order valence-corrected chi connectivity index (χ3v) is 10.1. The minimum atomic E-state index is 1.10. The highest BCUT2D eigenvalue weighted by atomic mass is 15.1. The highest BCUT2D eigenvalue weighted by Crippen LogP contribution is 2.40. The topological polar surface area (TPSA) is 13.1 Å². The van der Waals surface area contributed by atoms with Gasteiger partial charge < -0.3 is 14.0 Å². The lowest BCUT2D eigenvalue weighted by molar-refractivity contribution is 1.11. The van der Waals surface area contributed by atoms with Gasteiger partial charge in [-0.15, -0.1) is 0 Å². The predicted octanol–water partition coefficient (Wildman–Crippen LogP) is 13.0. The van der Waals surface area contributed by atoms with Gasteiger partial charge >= 0.3 is 0 Å². The van der Waals surface area contributed by atoms with E-state index < -0.39 is 0 Å². The van der Waals surface area contributed by atoms with Crippen LogP contribution in [0.1, 0.15) is 0 Å². The van der Waals surface area contributed by atoms with Crippen molar-refractivity contribution in [2.75, 3.05) is 4.90 Å². The van der Waals surface area contributed by atoms with Crippen LogP contribution < -0.4 is 4.90 Å². The Morgan fingerprint density at radius 3 is 1.75 bits per heavy atom. The smallest absolute Gasteiger partial charge is 0.0788 e. The lowest BCUT2D eigenvalue weighted by atomic mass is 10.0. The zero-order valence-corrected chi connectivity index (χ0v) is 27.9. The van der Waals surface area contributed by atoms with E-state index in [0.29, 0.717) is 0 Å². The van der Waals surface area contributed by atoms with Crippen LogP contribution in [0.3, 0.4) is 0 Å². The van der Waals surface area contributed by atoms with Crippen molar-refractivity contribution in [1.82, 2.24) is 9.13 Å². The van der Waals surface area contributed by atoms with Gasteiger partial charge in [-0.2, -0.15) is 0 Å². The first-order valence-electron chi connectivity index (χ1n) is 17.4. The normalized spacial score (nSPS) is 11.5. The molecule has 0 radical (unpaired) electrons. The molecule has 0 saturated carbocycles. The fourth-order valence-electron chi connectivity index (χ4n) is 7.69. The molecule has 0 saturated heterocycles. The zero-order valence-electron chi connectivity index (χ0n) is 27.9. The maximum atomic E-state index is 2.42. The second-order valence-corrected chi connectivity index (χ2v) is 13.1. The van der Waals surface area contributed by atoms with Gasteiger partial charge in [-0.25, -0.2) is 0 Å². The molecule has 0 spiro atoms. The molecule has 2 aromatic heterocycles. The molecule has 0 N–H and O–H groups in total. The fraction of sp³-hybridized carbons (Fsp3) is 0. The molecule has 0 fully saturated rings. The SMILES string of the molecule is c1ccc(-c2ccc(N(c3ccc(-n4ccc5ccc6c7ccccc7n(-c7ccccc7)c6c54)cc3)c3ccc4ccccc4c3)cc2)cc1. The van der Waals surface area contributed by atoms with Gasteiger partial charge in [-0.3, -0.25) is 0 Å². The molecule has 0 aliphatic carbocycles. The van der Waals surface area contributed by atoms with Crippen molar-refractivity contribution in [3.8, 4) is 22.5 Å². The first-order valence-corrected chi connectivity index (χ1v) is 17.4. The number of para-hydroxylation sites is 2. The van der Waals surface area contributed by atoms with E-state index in [1.165, 1.54) is 54.6 Å². The lowest BCUT2D eigenvalue weighted by Crippen LogP contribution is -2.10. The second-order valence-electron chi connectivity index (χ2n) is 13.1. The molecular formula is C48H33N3. The molecule has 0 amide bonds. The van der Waals surface area contributed by atoms with E-state index in [1.807, 2.05) is 0 Å². The summed E-state index contributed by atoms with van der Waals surface area (Å²) in [6, 6.07) is 69.9. The number of benzene rings is 8. The van der Waals surface area contributed by atoms with Crippen LogP contribution >= 0.6 is 0 Å². The van der Waals surface area contributed by atoms with Crippen LogP contribution in [-0.4, -0.2) is 9.13 Å². The first-order chi connectivity index (χ1) is 25.3. The van der Waals surface area contributed by atoms with E-state index in [0.717, 1.165) is 28.4 Å². The molecule has 51 heavy (non-hydrogen) atoms. The van der Waals surface area contributed by atoms with Gasteiger partial charge in [0.1, 0.15) is 0 Å². The van der Waals surface area contributed by atoms with Crippen LogP contribution in [0, 0.1) is 0 Å². The number of hydrogen-bond donors (Lipinski definition) is 0. The largest absolute Gasteiger partial charge is 0.315 e. The molecule has 0 unspecified atom stereocenters. The molecule has 8 aromatic carbocycles. The van der Waals surface area contributed by atoms with E-state index in [4.69, 9.17) is 0 Å². The highest BCUT2D eigenvalue weighted by molar-refractivity contribution is 6.18. The summed E-state index contributed by atoms with van der Waals surface area (Å²) >= 11 is 0. The van der Waals surface area contributed by atoms with E-state index in [2.05, 4.69) is 214 Å². The third-order valence-electron chi connectivity index (χ3n) is 10.1. The maximum Gasteiger partial charge on any atom is 0.0788 e. The predicted molar refractivity (Wildman–Crippen MR) is 215 cm³/mol. The maximum absolute atomic E-state index is 2.42.